The van der Waals surface area contributed by atoms with Gasteiger partial charge < -0.3 is 15.5 Å². The number of carbonyl (C=O) groups is 2. The molecule has 2 heterocycles. The Kier molecular flexibility index (Phi) is 4.74. The normalized spacial score (nSPS) is 17.8. The van der Waals surface area contributed by atoms with Crippen LogP contribution in [-0.4, -0.2) is 56.2 Å². The quantitative estimate of drug-likeness (QED) is 0.808. The van der Waals surface area contributed by atoms with Crippen LogP contribution in [0.25, 0.3) is 11.4 Å². The molecule has 3 amide bonds. The second kappa shape index (κ2) is 7.34. The maximum absolute atomic E-state index is 12.3. The van der Waals surface area contributed by atoms with E-state index in [1.807, 2.05) is 35.9 Å². The van der Waals surface area contributed by atoms with E-state index >= 15 is 0 Å². The number of carbonyl (C=O) groups excluding carboxylic acids is 2. The van der Waals surface area contributed by atoms with Crippen LogP contribution in [-0.2, 0) is 4.79 Å². The van der Waals surface area contributed by atoms with E-state index in [0.717, 1.165) is 31.4 Å². The highest BCUT2D eigenvalue weighted by atomic mass is 16.2. The fraction of sp³-hybridized carbons (Fsp3) is 0.500. The Morgan fingerprint density at radius 2 is 2.22 bits per heavy atom. The van der Waals surface area contributed by atoms with Crippen molar-refractivity contribution >= 4 is 17.6 Å². The van der Waals surface area contributed by atoms with Crippen molar-refractivity contribution in [1.82, 2.24) is 30.4 Å². The van der Waals surface area contributed by atoms with Crippen molar-refractivity contribution in [2.24, 2.45) is 0 Å². The number of hydrogen-bond donors (Lipinski definition) is 2. The average Bonchev–Trinajstić information content (AvgIpc) is 3.23. The second-order valence-corrected chi connectivity index (χ2v) is 7.20. The minimum Gasteiger partial charge on any atom is -0.341 e. The lowest BCUT2D eigenvalue weighted by Gasteiger charge is -2.21. The summed E-state index contributed by atoms with van der Waals surface area (Å²) in [6.07, 6.45) is 3.68. The lowest BCUT2D eigenvalue weighted by Crippen LogP contribution is -2.44. The summed E-state index contributed by atoms with van der Waals surface area (Å²) in [5.74, 6) is 0.868. The Labute approximate surface area is 157 Å². The molecule has 0 bridgehead atoms. The molecular formula is C18H23N7O2. The Balaban J connectivity index is 1.37. The Hall–Kier alpha value is -2.97. The van der Waals surface area contributed by atoms with Crippen LogP contribution >= 0.6 is 0 Å². The molecule has 1 atom stereocenters. The third-order valence-corrected chi connectivity index (χ3v) is 4.81. The first kappa shape index (κ1) is 17.4. The zero-order valence-electron chi connectivity index (χ0n) is 15.3. The third kappa shape index (κ3) is 4.07. The SMILES string of the molecule is C[C@H](CN1CCCC1=O)NC(=O)Nc1cccc(-c2nnnn2C2CC2)c1. The number of tetrazole rings is 1. The van der Waals surface area contributed by atoms with Crippen LogP contribution < -0.4 is 10.6 Å². The number of anilines is 1. The number of hydrogen-bond acceptors (Lipinski definition) is 5. The molecule has 2 fully saturated rings. The van der Waals surface area contributed by atoms with Crippen molar-refractivity contribution in [2.45, 2.75) is 44.7 Å². The number of likely N-dealkylation sites (tertiary alicyclic amines) is 1. The van der Waals surface area contributed by atoms with E-state index in [9.17, 15) is 9.59 Å². The first-order valence-electron chi connectivity index (χ1n) is 9.34. The molecule has 2 aromatic rings. The van der Waals surface area contributed by atoms with Crippen molar-refractivity contribution < 1.29 is 9.59 Å². The fourth-order valence-corrected chi connectivity index (χ4v) is 3.35. The number of aromatic nitrogens is 4. The van der Waals surface area contributed by atoms with Crippen LogP contribution in [0.5, 0.6) is 0 Å². The molecule has 1 aromatic carbocycles. The highest BCUT2D eigenvalue weighted by molar-refractivity contribution is 5.90. The molecule has 142 valence electrons. The van der Waals surface area contributed by atoms with Gasteiger partial charge in [0.1, 0.15) is 0 Å². The van der Waals surface area contributed by atoms with Gasteiger partial charge in [-0.25, -0.2) is 9.48 Å². The van der Waals surface area contributed by atoms with E-state index in [2.05, 4.69) is 26.2 Å². The van der Waals surface area contributed by atoms with Gasteiger partial charge in [0.15, 0.2) is 5.82 Å². The van der Waals surface area contributed by atoms with Crippen LogP contribution in [0.1, 0.15) is 38.6 Å². The van der Waals surface area contributed by atoms with Gasteiger partial charge in [-0.2, -0.15) is 0 Å². The van der Waals surface area contributed by atoms with Crippen LogP contribution in [0.15, 0.2) is 24.3 Å². The van der Waals surface area contributed by atoms with Crippen LogP contribution in [0.2, 0.25) is 0 Å². The van der Waals surface area contributed by atoms with Crippen molar-refractivity contribution in [3.63, 3.8) is 0 Å². The fourth-order valence-electron chi connectivity index (χ4n) is 3.35. The van der Waals surface area contributed by atoms with Crippen molar-refractivity contribution in [2.75, 3.05) is 18.4 Å². The van der Waals surface area contributed by atoms with Crippen molar-refractivity contribution in [3.05, 3.63) is 24.3 Å². The number of nitrogens with zero attached hydrogens (tertiary/aromatic N) is 5. The average molecular weight is 369 g/mol. The molecule has 9 nitrogen and oxygen atoms in total. The number of urea groups is 1. The highest BCUT2D eigenvalue weighted by Gasteiger charge is 2.28. The predicted molar refractivity (Wildman–Crippen MR) is 99.0 cm³/mol. The van der Waals surface area contributed by atoms with Gasteiger partial charge in [0.2, 0.25) is 5.91 Å². The van der Waals surface area contributed by atoms with Crippen LogP contribution in [0, 0.1) is 0 Å². The molecule has 9 heteroatoms. The number of rotatable bonds is 6. The summed E-state index contributed by atoms with van der Waals surface area (Å²) in [6.45, 7) is 3.19. The predicted octanol–water partition coefficient (Wildman–Crippen LogP) is 1.81. The maximum atomic E-state index is 12.3. The van der Waals surface area contributed by atoms with E-state index in [1.165, 1.54) is 0 Å². The monoisotopic (exact) mass is 369 g/mol. The van der Waals surface area contributed by atoms with Crippen LogP contribution in [0.4, 0.5) is 10.5 Å². The molecule has 0 radical (unpaired) electrons. The second-order valence-electron chi connectivity index (χ2n) is 7.20. The van der Waals surface area contributed by atoms with Crippen LogP contribution in [0.3, 0.4) is 0 Å². The maximum Gasteiger partial charge on any atom is 0.319 e. The van der Waals surface area contributed by atoms with Gasteiger partial charge >= 0.3 is 6.03 Å². The van der Waals surface area contributed by atoms with Gasteiger partial charge in [0.05, 0.1) is 6.04 Å². The van der Waals surface area contributed by atoms with Gasteiger partial charge in [-0.15, -0.1) is 5.10 Å². The first-order chi connectivity index (χ1) is 13.1. The van der Waals surface area contributed by atoms with E-state index in [1.54, 1.807) is 4.90 Å². The smallest absolute Gasteiger partial charge is 0.319 e. The van der Waals surface area contributed by atoms with Gasteiger partial charge in [0, 0.05) is 36.8 Å². The summed E-state index contributed by atoms with van der Waals surface area (Å²) in [4.78, 5) is 25.8. The summed E-state index contributed by atoms with van der Waals surface area (Å²) in [5, 5.41) is 17.7. The third-order valence-electron chi connectivity index (χ3n) is 4.81. The molecule has 4 rings (SSSR count). The zero-order chi connectivity index (χ0) is 18.8. The standard InChI is InChI=1S/C18H23N7O2/c1-12(11-24-9-3-6-16(24)26)19-18(27)20-14-5-2-4-13(10-14)17-21-22-23-25(17)15-7-8-15/h2,4-5,10,12,15H,3,6-9,11H2,1H3,(H2,19,20,27)/t12-/m1/s1. The molecule has 2 aliphatic rings. The first-order valence-corrected chi connectivity index (χ1v) is 9.34. The summed E-state index contributed by atoms with van der Waals surface area (Å²) < 4.78 is 1.84. The molecule has 1 saturated heterocycles. The summed E-state index contributed by atoms with van der Waals surface area (Å²) in [5.41, 5.74) is 1.53. The molecule has 2 N–H and O–H groups in total. The Morgan fingerprint density at radius 3 is 2.96 bits per heavy atom. The van der Waals surface area contributed by atoms with Gasteiger partial charge in [-0.05, 0) is 48.7 Å². The molecule has 0 spiro atoms. The summed E-state index contributed by atoms with van der Waals surface area (Å²) >= 11 is 0. The molecule has 0 unspecified atom stereocenters. The number of nitrogens with one attached hydrogen (secondary N) is 2. The summed E-state index contributed by atoms with van der Waals surface area (Å²) in [6, 6.07) is 7.43. The summed E-state index contributed by atoms with van der Waals surface area (Å²) in [7, 11) is 0. The van der Waals surface area contributed by atoms with E-state index in [0.29, 0.717) is 30.5 Å². The molecular weight excluding hydrogens is 346 g/mol. The minimum absolute atomic E-state index is 0.127. The zero-order valence-corrected chi connectivity index (χ0v) is 15.3. The van der Waals surface area contributed by atoms with E-state index in [4.69, 9.17) is 0 Å². The van der Waals surface area contributed by atoms with E-state index in [-0.39, 0.29) is 18.0 Å². The molecule has 1 aliphatic carbocycles. The Morgan fingerprint density at radius 1 is 1.37 bits per heavy atom. The number of benzene rings is 1. The highest BCUT2D eigenvalue weighted by Crippen LogP contribution is 2.36. The molecule has 27 heavy (non-hydrogen) atoms. The topological polar surface area (TPSA) is 105 Å². The lowest BCUT2D eigenvalue weighted by atomic mass is 10.2. The van der Waals surface area contributed by atoms with Crippen molar-refractivity contribution in [3.8, 4) is 11.4 Å². The van der Waals surface area contributed by atoms with Gasteiger partial charge in [-0.1, -0.05) is 12.1 Å². The molecule has 1 saturated carbocycles. The lowest BCUT2D eigenvalue weighted by molar-refractivity contribution is -0.127. The van der Waals surface area contributed by atoms with Crippen molar-refractivity contribution in [1.29, 1.82) is 0 Å². The van der Waals surface area contributed by atoms with Gasteiger partial charge in [0.25, 0.3) is 0 Å². The van der Waals surface area contributed by atoms with Gasteiger partial charge in [-0.3, -0.25) is 4.79 Å². The molecule has 1 aliphatic heterocycles. The number of amides is 3. The Bertz CT molecular complexity index is 846. The van der Waals surface area contributed by atoms with E-state index < -0.39 is 0 Å². The largest absolute Gasteiger partial charge is 0.341 e. The molecule has 1 aromatic heterocycles. The minimum atomic E-state index is -0.298.